The van der Waals surface area contributed by atoms with E-state index in [0.29, 0.717) is 11.6 Å². The van der Waals surface area contributed by atoms with Crippen LogP contribution in [0.5, 0.6) is 0 Å². The van der Waals surface area contributed by atoms with Crippen LogP contribution in [0.25, 0.3) is 0 Å². The lowest BCUT2D eigenvalue weighted by Gasteiger charge is -2.32. The molecule has 0 unspecified atom stereocenters. The number of hydrogen-bond acceptors (Lipinski definition) is 3. The number of halogens is 1. The van der Waals surface area contributed by atoms with Crippen molar-refractivity contribution in [3.8, 4) is 0 Å². The van der Waals surface area contributed by atoms with Crippen molar-refractivity contribution in [3.63, 3.8) is 0 Å². The summed E-state index contributed by atoms with van der Waals surface area (Å²) in [7, 11) is 0. The molecule has 1 aliphatic carbocycles. The molecule has 0 bridgehead atoms. The highest BCUT2D eigenvalue weighted by molar-refractivity contribution is 5.93. The van der Waals surface area contributed by atoms with Gasteiger partial charge in [-0.15, -0.1) is 0 Å². The van der Waals surface area contributed by atoms with Crippen molar-refractivity contribution in [2.75, 3.05) is 19.6 Å². The van der Waals surface area contributed by atoms with E-state index in [4.69, 9.17) is 0 Å². The minimum atomic E-state index is -0.461. The molecule has 4 nitrogen and oxygen atoms in total. The Labute approximate surface area is 118 Å². The molecule has 0 atom stereocenters. The number of nitrogens with zero attached hydrogens (tertiary/aromatic N) is 2. The third kappa shape index (κ3) is 3.33. The van der Waals surface area contributed by atoms with Gasteiger partial charge in [-0.1, -0.05) is 0 Å². The Morgan fingerprint density at radius 2 is 2.05 bits per heavy atom. The highest BCUT2D eigenvalue weighted by Crippen LogP contribution is 2.28. The van der Waals surface area contributed by atoms with Crippen molar-refractivity contribution in [2.45, 2.75) is 31.7 Å². The standard InChI is InChI=1S/C15H20FN3O/c16-13-7-12(9-17-10-13)15(20)19-5-3-14(4-6-19)18-8-11-1-2-11/h7,9-11,14,18H,1-6,8H2. The molecule has 3 rings (SSSR count). The van der Waals surface area contributed by atoms with E-state index < -0.39 is 5.82 Å². The predicted octanol–water partition coefficient (Wildman–Crippen LogP) is 1.82. The minimum Gasteiger partial charge on any atom is -0.338 e. The zero-order valence-electron chi connectivity index (χ0n) is 11.5. The van der Waals surface area contributed by atoms with Crippen LogP contribution in [0.15, 0.2) is 18.5 Å². The molecule has 0 spiro atoms. The minimum absolute atomic E-state index is 0.113. The molecule has 1 aromatic rings. The number of hydrogen-bond donors (Lipinski definition) is 1. The maximum absolute atomic E-state index is 13.1. The normalized spacial score (nSPS) is 20.1. The van der Waals surface area contributed by atoms with Gasteiger partial charge in [-0.25, -0.2) is 4.39 Å². The van der Waals surface area contributed by atoms with Gasteiger partial charge in [0.15, 0.2) is 0 Å². The second-order valence-electron chi connectivity index (χ2n) is 5.81. The highest BCUT2D eigenvalue weighted by atomic mass is 19.1. The van der Waals surface area contributed by atoms with Crippen LogP contribution in [-0.2, 0) is 0 Å². The first-order valence-corrected chi connectivity index (χ1v) is 7.35. The van der Waals surface area contributed by atoms with Gasteiger partial charge in [0.05, 0.1) is 11.8 Å². The Morgan fingerprint density at radius 3 is 2.70 bits per heavy atom. The van der Waals surface area contributed by atoms with E-state index in [1.54, 1.807) is 4.90 Å². The van der Waals surface area contributed by atoms with Crippen LogP contribution >= 0.6 is 0 Å². The molecule has 0 aromatic carbocycles. The quantitative estimate of drug-likeness (QED) is 0.913. The Morgan fingerprint density at radius 1 is 1.30 bits per heavy atom. The molecular weight excluding hydrogens is 257 g/mol. The van der Waals surface area contributed by atoms with Crippen molar-refractivity contribution < 1.29 is 9.18 Å². The number of aromatic nitrogens is 1. The van der Waals surface area contributed by atoms with E-state index in [-0.39, 0.29) is 5.91 Å². The molecule has 1 saturated carbocycles. The van der Waals surface area contributed by atoms with Gasteiger partial charge in [0, 0.05) is 25.3 Å². The molecule has 2 heterocycles. The molecule has 1 amide bonds. The van der Waals surface area contributed by atoms with E-state index in [0.717, 1.165) is 44.6 Å². The maximum atomic E-state index is 13.1. The summed E-state index contributed by atoms with van der Waals surface area (Å²) in [6.45, 7) is 2.59. The van der Waals surface area contributed by atoms with Gasteiger partial charge < -0.3 is 10.2 Å². The molecular formula is C15H20FN3O. The summed E-state index contributed by atoms with van der Waals surface area (Å²) in [6, 6.07) is 1.78. The number of amides is 1. The smallest absolute Gasteiger partial charge is 0.255 e. The Bertz CT molecular complexity index is 482. The molecule has 2 fully saturated rings. The van der Waals surface area contributed by atoms with Crippen LogP contribution in [0.1, 0.15) is 36.0 Å². The molecule has 0 radical (unpaired) electrons. The topological polar surface area (TPSA) is 45.2 Å². The monoisotopic (exact) mass is 277 g/mol. The summed E-state index contributed by atoms with van der Waals surface area (Å²) in [4.78, 5) is 17.8. The Hall–Kier alpha value is -1.49. The molecule has 20 heavy (non-hydrogen) atoms. The maximum Gasteiger partial charge on any atom is 0.255 e. The van der Waals surface area contributed by atoms with Crippen LogP contribution in [-0.4, -0.2) is 41.5 Å². The number of nitrogens with one attached hydrogen (secondary N) is 1. The van der Waals surface area contributed by atoms with Crippen molar-refractivity contribution in [1.82, 2.24) is 15.2 Å². The lowest BCUT2D eigenvalue weighted by molar-refractivity contribution is 0.0704. The Balaban J connectivity index is 1.50. The second kappa shape index (κ2) is 5.87. The molecule has 108 valence electrons. The van der Waals surface area contributed by atoms with E-state index in [1.807, 2.05) is 0 Å². The second-order valence-corrected chi connectivity index (χ2v) is 5.81. The zero-order chi connectivity index (χ0) is 13.9. The fourth-order valence-corrected chi connectivity index (χ4v) is 2.65. The summed E-state index contributed by atoms with van der Waals surface area (Å²) in [6.07, 6.45) is 7.21. The van der Waals surface area contributed by atoms with Gasteiger partial charge in [0.1, 0.15) is 5.82 Å². The van der Waals surface area contributed by atoms with Gasteiger partial charge in [0.25, 0.3) is 5.91 Å². The molecule has 1 aliphatic heterocycles. The number of carbonyl (C=O) groups is 1. The fraction of sp³-hybridized carbons (Fsp3) is 0.600. The van der Waals surface area contributed by atoms with E-state index in [2.05, 4.69) is 10.3 Å². The van der Waals surface area contributed by atoms with Gasteiger partial charge in [0.2, 0.25) is 0 Å². The first kappa shape index (κ1) is 13.5. The largest absolute Gasteiger partial charge is 0.338 e. The summed E-state index contributed by atoms with van der Waals surface area (Å²) in [5.41, 5.74) is 0.342. The van der Waals surface area contributed by atoms with Crippen LogP contribution < -0.4 is 5.32 Å². The summed E-state index contributed by atoms with van der Waals surface area (Å²) in [5, 5.41) is 3.58. The van der Waals surface area contributed by atoms with E-state index in [1.165, 1.54) is 25.1 Å². The lowest BCUT2D eigenvalue weighted by Crippen LogP contribution is -2.45. The van der Waals surface area contributed by atoms with Crippen LogP contribution in [0.4, 0.5) is 4.39 Å². The number of pyridine rings is 1. The number of carbonyl (C=O) groups excluding carboxylic acids is 1. The number of piperidine rings is 1. The molecule has 1 saturated heterocycles. The van der Waals surface area contributed by atoms with Crippen molar-refractivity contribution >= 4 is 5.91 Å². The van der Waals surface area contributed by atoms with Gasteiger partial charge in [-0.3, -0.25) is 9.78 Å². The third-order valence-electron chi connectivity index (χ3n) is 4.13. The molecule has 1 aromatic heterocycles. The van der Waals surface area contributed by atoms with E-state index in [9.17, 15) is 9.18 Å². The first-order valence-electron chi connectivity index (χ1n) is 7.35. The van der Waals surface area contributed by atoms with Gasteiger partial charge in [-0.05, 0) is 44.2 Å². The van der Waals surface area contributed by atoms with E-state index >= 15 is 0 Å². The average Bonchev–Trinajstić information content (AvgIpc) is 3.29. The number of likely N-dealkylation sites (tertiary alicyclic amines) is 1. The van der Waals surface area contributed by atoms with Gasteiger partial charge >= 0.3 is 0 Å². The van der Waals surface area contributed by atoms with Crippen LogP contribution in [0.3, 0.4) is 0 Å². The predicted molar refractivity (Wildman–Crippen MR) is 73.8 cm³/mol. The van der Waals surface area contributed by atoms with Gasteiger partial charge in [-0.2, -0.15) is 0 Å². The SMILES string of the molecule is O=C(c1cncc(F)c1)N1CCC(NCC2CC2)CC1. The third-order valence-corrected chi connectivity index (χ3v) is 4.13. The lowest BCUT2D eigenvalue weighted by atomic mass is 10.0. The molecule has 2 aliphatic rings. The first-order chi connectivity index (χ1) is 9.72. The zero-order valence-corrected chi connectivity index (χ0v) is 11.5. The number of rotatable bonds is 4. The Kier molecular flexibility index (Phi) is 3.96. The fourth-order valence-electron chi connectivity index (χ4n) is 2.65. The van der Waals surface area contributed by atoms with Crippen LogP contribution in [0, 0.1) is 11.7 Å². The summed E-state index contributed by atoms with van der Waals surface area (Å²) >= 11 is 0. The highest BCUT2D eigenvalue weighted by Gasteiger charge is 2.26. The summed E-state index contributed by atoms with van der Waals surface area (Å²) in [5.74, 6) is 0.308. The molecule has 1 N–H and O–H groups in total. The van der Waals surface area contributed by atoms with Crippen molar-refractivity contribution in [2.24, 2.45) is 5.92 Å². The van der Waals surface area contributed by atoms with Crippen LogP contribution in [0.2, 0.25) is 0 Å². The molecule has 5 heteroatoms. The van der Waals surface area contributed by atoms with Crippen molar-refractivity contribution in [1.29, 1.82) is 0 Å². The van der Waals surface area contributed by atoms with Crippen molar-refractivity contribution in [3.05, 3.63) is 29.8 Å². The summed E-state index contributed by atoms with van der Waals surface area (Å²) < 4.78 is 13.1. The average molecular weight is 277 g/mol.